The van der Waals surface area contributed by atoms with Gasteiger partial charge in [-0.1, -0.05) is 0 Å². The highest BCUT2D eigenvalue weighted by atomic mass is 16.5. The van der Waals surface area contributed by atoms with E-state index in [-0.39, 0.29) is 0 Å². The van der Waals surface area contributed by atoms with E-state index in [1.165, 1.54) is 0 Å². The third-order valence-corrected chi connectivity index (χ3v) is 2.24. The third kappa shape index (κ3) is 1.50. The highest BCUT2D eigenvalue weighted by Gasteiger charge is 2.18. The molecule has 0 radical (unpaired) electrons. The van der Waals surface area contributed by atoms with E-state index in [4.69, 9.17) is 10.5 Å². The predicted molar refractivity (Wildman–Crippen MR) is 54.1 cm³/mol. The quantitative estimate of drug-likeness (QED) is 0.691. The first-order valence-electron chi connectivity index (χ1n) is 4.59. The molecule has 0 spiro atoms. The molecule has 0 saturated carbocycles. The zero-order valence-corrected chi connectivity index (χ0v) is 8.45. The Morgan fingerprint density at radius 1 is 1.36 bits per heavy atom. The monoisotopic (exact) mass is 194 g/mol. The molecule has 2 rings (SSSR count). The topological polar surface area (TPSA) is 64.3 Å². The van der Waals surface area contributed by atoms with Crippen molar-refractivity contribution in [2.45, 2.75) is 13.0 Å². The molecule has 0 aromatic carbocycles. The number of ether oxygens (including phenoxy) is 1. The van der Waals surface area contributed by atoms with E-state index in [9.17, 15) is 0 Å². The molecule has 1 aliphatic heterocycles. The van der Waals surface area contributed by atoms with Crippen LogP contribution in [0.3, 0.4) is 0 Å². The fraction of sp³-hybridized carbons (Fsp3) is 0.556. The first-order chi connectivity index (χ1) is 6.68. The van der Waals surface area contributed by atoms with Gasteiger partial charge in [0.15, 0.2) is 0 Å². The van der Waals surface area contributed by atoms with Gasteiger partial charge in [0.1, 0.15) is 5.82 Å². The van der Waals surface area contributed by atoms with Crippen LogP contribution in [0.4, 0.5) is 11.8 Å². The highest BCUT2D eigenvalue weighted by molar-refractivity contribution is 5.51. The van der Waals surface area contributed by atoms with Crippen molar-refractivity contribution >= 4 is 11.8 Å². The van der Waals surface area contributed by atoms with E-state index >= 15 is 0 Å². The first-order valence-corrected chi connectivity index (χ1v) is 4.59. The van der Waals surface area contributed by atoms with Gasteiger partial charge in [0, 0.05) is 26.1 Å². The molecule has 1 aromatic rings. The summed E-state index contributed by atoms with van der Waals surface area (Å²) in [5.41, 5.74) is 7.72. The minimum atomic E-state index is 0.342. The normalized spacial score (nSPS) is 15.0. The summed E-state index contributed by atoms with van der Waals surface area (Å²) in [6.45, 7) is 1.31. The summed E-state index contributed by atoms with van der Waals surface area (Å²) in [6, 6.07) is 0. The Morgan fingerprint density at radius 2 is 2.14 bits per heavy atom. The largest absolute Gasteiger partial charge is 0.376 e. The minimum absolute atomic E-state index is 0.342. The second-order valence-corrected chi connectivity index (χ2v) is 3.53. The Hall–Kier alpha value is -1.36. The second-order valence-electron chi connectivity index (χ2n) is 3.53. The fourth-order valence-electron chi connectivity index (χ4n) is 1.60. The molecule has 0 atom stereocenters. The Bertz CT molecular complexity index is 351. The van der Waals surface area contributed by atoms with Gasteiger partial charge in [0.25, 0.3) is 0 Å². The van der Waals surface area contributed by atoms with Crippen molar-refractivity contribution in [3.8, 4) is 0 Å². The number of fused-ring (bicyclic) bond motifs is 1. The van der Waals surface area contributed by atoms with E-state index in [1.54, 1.807) is 0 Å². The standard InChI is InChI=1S/C9H14N4O/c1-13(2)8-6-5-14-4-3-7(6)11-9(10)12-8/h3-5H2,1-2H3,(H2,10,11,12). The lowest BCUT2D eigenvalue weighted by atomic mass is 10.1. The lowest BCUT2D eigenvalue weighted by Crippen LogP contribution is -2.21. The molecule has 2 heterocycles. The van der Waals surface area contributed by atoms with Gasteiger partial charge in [-0.05, 0) is 0 Å². The molecule has 0 amide bonds. The van der Waals surface area contributed by atoms with Crippen LogP contribution in [0.5, 0.6) is 0 Å². The van der Waals surface area contributed by atoms with Crippen LogP contribution in [0.2, 0.25) is 0 Å². The van der Waals surface area contributed by atoms with Crippen LogP contribution in [0, 0.1) is 0 Å². The fourth-order valence-corrected chi connectivity index (χ4v) is 1.60. The maximum Gasteiger partial charge on any atom is 0.222 e. The van der Waals surface area contributed by atoms with Gasteiger partial charge in [-0.25, -0.2) is 4.98 Å². The second kappa shape index (κ2) is 3.42. The van der Waals surface area contributed by atoms with E-state index in [0.717, 1.165) is 30.1 Å². The smallest absolute Gasteiger partial charge is 0.222 e. The lowest BCUT2D eigenvalue weighted by Gasteiger charge is -2.22. The van der Waals surface area contributed by atoms with Gasteiger partial charge >= 0.3 is 0 Å². The van der Waals surface area contributed by atoms with Crippen molar-refractivity contribution < 1.29 is 4.74 Å². The molecule has 2 N–H and O–H groups in total. The molecule has 0 unspecified atom stereocenters. The summed E-state index contributed by atoms with van der Waals surface area (Å²) in [6.07, 6.45) is 0.822. The summed E-state index contributed by atoms with van der Waals surface area (Å²) in [5.74, 6) is 1.21. The Balaban J connectivity index is 2.52. The maximum atomic E-state index is 5.63. The molecule has 0 bridgehead atoms. The molecule has 1 aliphatic rings. The number of rotatable bonds is 1. The Labute approximate surface area is 82.9 Å². The molecule has 14 heavy (non-hydrogen) atoms. The predicted octanol–water partition coefficient (Wildman–Crippen LogP) is 0.197. The summed E-state index contributed by atoms with van der Waals surface area (Å²) < 4.78 is 5.38. The minimum Gasteiger partial charge on any atom is -0.376 e. The van der Waals surface area contributed by atoms with E-state index in [1.807, 2.05) is 19.0 Å². The van der Waals surface area contributed by atoms with Crippen LogP contribution >= 0.6 is 0 Å². The molecular weight excluding hydrogens is 180 g/mol. The third-order valence-electron chi connectivity index (χ3n) is 2.24. The SMILES string of the molecule is CN(C)c1nc(N)nc2c1COCC2. The summed E-state index contributed by atoms with van der Waals surface area (Å²) in [5, 5.41) is 0. The number of hydrogen-bond acceptors (Lipinski definition) is 5. The summed E-state index contributed by atoms with van der Waals surface area (Å²) in [7, 11) is 3.88. The average molecular weight is 194 g/mol. The van der Waals surface area contributed by atoms with E-state index in [0.29, 0.717) is 12.6 Å². The van der Waals surface area contributed by atoms with Crippen LogP contribution < -0.4 is 10.6 Å². The van der Waals surface area contributed by atoms with Gasteiger partial charge in [-0.3, -0.25) is 0 Å². The van der Waals surface area contributed by atoms with Crippen molar-refractivity contribution in [3.05, 3.63) is 11.3 Å². The van der Waals surface area contributed by atoms with E-state index < -0.39 is 0 Å². The van der Waals surface area contributed by atoms with Crippen molar-refractivity contribution in [1.82, 2.24) is 9.97 Å². The summed E-state index contributed by atoms with van der Waals surface area (Å²) >= 11 is 0. The number of nitrogens with zero attached hydrogens (tertiary/aromatic N) is 3. The van der Waals surface area contributed by atoms with Gasteiger partial charge in [-0.15, -0.1) is 0 Å². The zero-order valence-electron chi connectivity index (χ0n) is 8.45. The molecule has 5 heteroatoms. The number of nitrogens with two attached hydrogens (primary N) is 1. The van der Waals surface area contributed by atoms with Crippen molar-refractivity contribution in [3.63, 3.8) is 0 Å². The number of hydrogen-bond donors (Lipinski definition) is 1. The number of anilines is 2. The van der Waals surface area contributed by atoms with Crippen LogP contribution in [-0.4, -0.2) is 30.7 Å². The molecule has 0 fully saturated rings. The lowest BCUT2D eigenvalue weighted by molar-refractivity contribution is 0.109. The van der Waals surface area contributed by atoms with Crippen LogP contribution in [0.1, 0.15) is 11.3 Å². The van der Waals surface area contributed by atoms with Crippen LogP contribution in [-0.2, 0) is 17.8 Å². The van der Waals surface area contributed by atoms with E-state index in [2.05, 4.69) is 9.97 Å². The molecule has 1 aromatic heterocycles. The van der Waals surface area contributed by atoms with Crippen LogP contribution in [0.15, 0.2) is 0 Å². The van der Waals surface area contributed by atoms with Crippen molar-refractivity contribution in [2.24, 2.45) is 0 Å². The van der Waals surface area contributed by atoms with Crippen molar-refractivity contribution in [1.29, 1.82) is 0 Å². The number of aromatic nitrogens is 2. The maximum absolute atomic E-state index is 5.63. The van der Waals surface area contributed by atoms with Crippen LogP contribution in [0.25, 0.3) is 0 Å². The molecule has 5 nitrogen and oxygen atoms in total. The van der Waals surface area contributed by atoms with Gasteiger partial charge in [0.2, 0.25) is 5.95 Å². The van der Waals surface area contributed by atoms with Gasteiger partial charge in [0.05, 0.1) is 18.9 Å². The molecular formula is C9H14N4O. The Morgan fingerprint density at radius 3 is 2.86 bits per heavy atom. The summed E-state index contributed by atoms with van der Waals surface area (Å²) in [4.78, 5) is 10.4. The molecule has 0 aliphatic carbocycles. The van der Waals surface area contributed by atoms with Gasteiger partial charge in [-0.2, -0.15) is 4.98 Å². The molecule has 0 saturated heterocycles. The number of nitrogen functional groups attached to an aromatic ring is 1. The van der Waals surface area contributed by atoms with Gasteiger partial charge < -0.3 is 15.4 Å². The average Bonchev–Trinajstić information content (AvgIpc) is 2.16. The van der Waals surface area contributed by atoms with Crippen molar-refractivity contribution in [2.75, 3.05) is 31.3 Å². The first kappa shape index (κ1) is 9.21. The highest BCUT2D eigenvalue weighted by Crippen LogP contribution is 2.24. The Kier molecular flexibility index (Phi) is 2.25. The zero-order chi connectivity index (χ0) is 10.1. The molecule has 76 valence electrons.